The van der Waals surface area contributed by atoms with E-state index >= 15 is 0 Å². The van der Waals surface area contributed by atoms with E-state index in [1.54, 1.807) is 18.3 Å². The SMILES string of the molecule is Cc1cnc2c(S(=O)(=O)N3CCC(C)(CN)C3)cccc2c1. The molecule has 1 fully saturated rings. The van der Waals surface area contributed by atoms with Gasteiger partial charge < -0.3 is 5.73 Å². The van der Waals surface area contributed by atoms with Gasteiger partial charge in [0, 0.05) is 24.7 Å². The maximum Gasteiger partial charge on any atom is 0.245 e. The lowest BCUT2D eigenvalue weighted by Gasteiger charge is -2.22. The van der Waals surface area contributed by atoms with Crippen LogP contribution in [-0.2, 0) is 10.0 Å². The zero-order valence-corrected chi connectivity index (χ0v) is 13.7. The predicted molar refractivity (Wildman–Crippen MR) is 87.0 cm³/mol. The Hall–Kier alpha value is -1.50. The van der Waals surface area contributed by atoms with Gasteiger partial charge in [-0.2, -0.15) is 4.31 Å². The maximum atomic E-state index is 13.0. The maximum absolute atomic E-state index is 13.0. The Labute approximate surface area is 131 Å². The van der Waals surface area contributed by atoms with E-state index in [1.807, 2.05) is 26.0 Å². The number of sulfonamides is 1. The molecule has 0 bridgehead atoms. The summed E-state index contributed by atoms with van der Waals surface area (Å²) < 4.78 is 27.5. The van der Waals surface area contributed by atoms with E-state index in [4.69, 9.17) is 5.73 Å². The van der Waals surface area contributed by atoms with Gasteiger partial charge in [-0.25, -0.2) is 8.42 Å². The second-order valence-electron chi connectivity index (χ2n) is 6.44. The van der Waals surface area contributed by atoms with Crippen LogP contribution in [0.1, 0.15) is 18.9 Å². The molecule has 1 aromatic carbocycles. The minimum Gasteiger partial charge on any atom is -0.330 e. The minimum absolute atomic E-state index is 0.137. The molecule has 1 saturated heterocycles. The van der Waals surface area contributed by atoms with E-state index in [0.29, 0.717) is 25.2 Å². The van der Waals surface area contributed by atoms with Crippen molar-refractivity contribution in [3.05, 3.63) is 36.0 Å². The number of rotatable bonds is 3. The molecule has 2 N–H and O–H groups in total. The van der Waals surface area contributed by atoms with Gasteiger partial charge in [-0.15, -0.1) is 0 Å². The number of para-hydroxylation sites is 1. The van der Waals surface area contributed by atoms with Crippen LogP contribution in [0.15, 0.2) is 35.4 Å². The van der Waals surface area contributed by atoms with Crippen LogP contribution < -0.4 is 5.73 Å². The van der Waals surface area contributed by atoms with Crippen molar-refractivity contribution in [2.24, 2.45) is 11.1 Å². The molecule has 1 unspecified atom stereocenters. The molecule has 22 heavy (non-hydrogen) atoms. The molecule has 1 aliphatic heterocycles. The van der Waals surface area contributed by atoms with Gasteiger partial charge in [0.2, 0.25) is 10.0 Å². The van der Waals surface area contributed by atoms with Crippen LogP contribution in [-0.4, -0.2) is 37.3 Å². The summed E-state index contributed by atoms with van der Waals surface area (Å²) >= 11 is 0. The first-order chi connectivity index (χ1) is 10.4. The summed E-state index contributed by atoms with van der Waals surface area (Å²) in [5.41, 5.74) is 7.20. The first-order valence-corrected chi connectivity index (χ1v) is 8.85. The molecule has 0 amide bonds. The van der Waals surface area contributed by atoms with Crippen molar-refractivity contribution < 1.29 is 8.42 Å². The Morgan fingerprint density at radius 3 is 2.86 bits per heavy atom. The highest BCUT2D eigenvalue weighted by Crippen LogP contribution is 2.34. The van der Waals surface area contributed by atoms with Crippen molar-refractivity contribution in [3.63, 3.8) is 0 Å². The smallest absolute Gasteiger partial charge is 0.245 e. The Bertz CT molecular complexity index is 819. The number of aromatic nitrogens is 1. The van der Waals surface area contributed by atoms with E-state index in [9.17, 15) is 8.42 Å². The van der Waals surface area contributed by atoms with Crippen molar-refractivity contribution in [2.45, 2.75) is 25.2 Å². The molecular formula is C16H21N3O2S. The van der Waals surface area contributed by atoms with E-state index < -0.39 is 10.0 Å². The highest BCUT2D eigenvalue weighted by Gasteiger charge is 2.39. The van der Waals surface area contributed by atoms with Gasteiger partial charge in [0.05, 0.1) is 5.52 Å². The first-order valence-electron chi connectivity index (χ1n) is 7.41. The molecule has 118 valence electrons. The van der Waals surface area contributed by atoms with Crippen LogP contribution in [0.4, 0.5) is 0 Å². The van der Waals surface area contributed by atoms with E-state index in [2.05, 4.69) is 4.98 Å². The molecule has 5 nitrogen and oxygen atoms in total. The number of fused-ring (bicyclic) bond motifs is 1. The number of pyridine rings is 1. The van der Waals surface area contributed by atoms with Crippen LogP contribution in [0.3, 0.4) is 0 Å². The van der Waals surface area contributed by atoms with Crippen LogP contribution >= 0.6 is 0 Å². The molecule has 3 rings (SSSR count). The molecule has 1 atom stereocenters. The summed E-state index contributed by atoms with van der Waals surface area (Å²) in [6.07, 6.45) is 2.50. The lowest BCUT2D eigenvalue weighted by atomic mass is 9.90. The second kappa shape index (κ2) is 5.30. The van der Waals surface area contributed by atoms with Crippen molar-refractivity contribution in [2.75, 3.05) is 19.6 Å². The van der Waals surface area contributed by atoms with E-state index in [1.165, 1.54) is 4.31 Å². The molecule has 1 aromatic heterocycles. The molecule has 0 radical (unpaired) electrons. The van der Waals surface area contributed by atoms with Gasteiger partial charge in [0.25, 0.3) is 0 Å². The van der Waals surface area contributed by atoms with Crippen LogP contribution in [0.25, 0.3) is 10.9 Å². The van der Waals surface area contributed by atoms with Gasteiger partial charge >= 0.3 is 0 Å². The highest BCUT2D eigenvalue weighted by atomic mass is 32.2. The zero-order chi connectivity index (χ0) is 16.0. The largest absolute Gasteiger partial charge is 0.330 e. The van der Waals surface area contributed by atoms with Crippen molar-refractivity contribution in [1.82, 2.24) is 9.29 Å². The second-order valence-corrected chi connectivity index (χ2v) is 8.35. The summed E-state index contributed by atoms with van der Waals surface area (Å²) in [5.74, 6) is 0. The van der Waals surface area contributed by atoms with Gasteiger partial charge in [-0.1, -0.05) is 19.1 Å². The Morgan fingerprint density at radius 1 is 1.41 bits per heavy atom. The number of aryl methyl sites for hydroxylation is 1. The molecule has 6 heteroatoms. The molecule has 2 aromatic rings. The van der Waals surface area contributed by atoms with Gasteiger partial charge in [0.15, 0.2) is 0 Å². The average molecular weight is 319 g/mol. The summed E-state index contributed by atoms with van der Waals surface area (Å²) in [6, 6.07) is 7.25. The van der Waals surface area contributed by atoms with Crippen molar-refractivity contribution >= 4 is 20.9 Å². The summed E-state index contributed by atoms with van der Waals surface area (Å²) in [4.78, 5) is 4.63. The lowest BCUT2D eigenvalue weighted by Crippen LogP contribution is -2.34. The third kappa shape index (κ3) is 2.51. The molecule has 0 saturated carbocycles. The molecule has 0 spiro atoms. The number of hydrogen-bond acceptors (Lipinski definition) is 4. The summed E-state index contributed by atoms with van der Waals surface area (Å²) in [7, 11) is -3.54. The Morgan fingerprint density at radius 2 is 2.18 bits per heavy atom. The van der Waals surface area contributed by atoms with Crippen LogP contribution in [0.2, 0.25) is 0 Å². The van der Waals surface area contributed by atoms with Crippen LogP contribution in [0, 0.1) is 12.3 Å². The molecule has 2 heterocycles. The topological polar surface area (TPSA) is 76.3 Å². The fraction of sp³-hybridized carbons (Fsp3) is 0.438. The average Bonchev–Trinajstić information content (AvgIpc) is 2.90. The van der Waals surface area contributed by atoms with E-state index in [0.717, 1.165) is 17.4 Å². The van der Waals surface area contributed by atoms with Crippen molar-refractivity contribution in [3.8, 4) is 0 Å². The monoisotopic (exact) mass is 319 g/mol. The quantitative estimate of drug-likeness (QED) is 0.937. The predicted octanol–water partition coefficient (Wildman–Crippen LogP) is 1.90. The Kier molecular flexibility index (Phi) is 3.71. The molecule has 0 aliphatic carbocycles. The zero-order valence-electron chi connectivity index (χ0n) is 12.9. The third-order valence-electron chi connectivity index (χ3n) is 4.44. The van der Waals surface area contributed by atoms with Crippen LogP contribution in [0.5, 0.6) is 0 Å². The number of hydrogen-bond donors (Lipinski definition) is 1. The van der Waals surface area contributed by atoms with Crippen molar-refractivity contribution in [1.29, 1.82) is 0 Å². The fourth-order valence-corrected chi connectivity index (χ4v) is 4.70. The summed E-state index contributed by atoms with van der Waals surface area (Å²) in [6.45, 7) is 5.45. The van der Waals surface area contributed by atoms with E-state index in [-0.39, 0.29) is 10.3 Å². The Balaban J connectivity index is 2.07. The summed E-state index contributed by atoms with van der Waals surface area (Å²) in [5, 5.41) is 0.849. The number of nitrogens with two attached hydrogens (primary N) is 1. The standard InChI is InChI=1S/C16H21N3O2S/c1-12-8-13-4-3-5-14(15(13)18-9-12)22(20,21)19-7-6-16(2,10-17)11-19/h3-5,8-9H,6-7,10-11,17H2,1-2H3. The minimum atomic E-state index is -3.54. The lowest BCUT2D eigenvalue weighted by molar-refractivity contribution is 0.350. The first kappa shape index (κ1) is 15.4. The number of benzene rings is 1. The molecular weight excluding hydrogens is 298 g/mol. The molecule has 1 aliphatic rings. The van der Waals surface area contributed by atoms with Gasteiger partial charge in [0.1, 0.15) is 4.90 Å². The van der Waals surface area contributed by atoms with Gasteiger partial charge in [-0.3, -0.25) is 4.98 Å². The number of nitrogens with zero attached hydrogens (tertiary/aromatic N) is 2. The fourth-order valence-electron chi connectivity index (χ4n) is 2.94. The third-order valence-corrected chi connectivity index (χ3v) is 6.32. The normalized spacial score (nSPS) is 23.2. The highest BCUT2D eigenvalue weighted by molar-refractivity contribution is 7.89. The van der Waals surface area contributed by atoms with Gasteiger partial charge in [-0.05, 0) is 43.0 Å².